The summed E-state index contributed by atoms with van der Waals surface area (Å²) < 4.78 is 15.3. The molecule has 21 heavy (non-hydrogen) atoms. The minimum absolute atomic E-state index is 0.220. The summed E-state index contributed by atoms with van der Waals surface area (Å²) in [5.74, 6) is 1.37. The standard InChI is InChI=1S/C15H18N2O4/c1-3-9-20-12-6-4-5-11(10-12)15-16-13(21-17-15)7-8-14(18)19-2/h4-6,10H,3,7-9H2,1-2H3. The molecule has 0 saturated heterocycles. The van der Waals surface area contributed by atoms with E-state index in [1.54, 1.807) is 0 Å². The molecule has 0 unspecified atom stereocenters. The van der Waals surface area contributed by atoms with Crippen LogP contribution in [0, 0.1) is 0 Å². The largest absolute Gasteiger partial charge is 0.494 e. The van der Waals surface area contributed by atoms with Gasteiger partial charge in [0.25, 0.3) is 0 Å². The molecule has 0 atom stereocenters. The van der Waals surface area contributed by atoms with Gasteiger partial charge in [0, 0.05) is 12.0 Å². The molecule has 0 radical (unpaired) electrons. The van der Waals surface area contributed by atoms with Gasteiger partial charge in [-0.3, -0.25) is 4.79 Å². The first-order valence-electron chi connectivity index (χ1n) is 6.85. The minimum atomic E-state index is -0.301. The van der Waals surface area contributed by atoms with Crippen molar-refractivity contribution in [2.75, 3.05) is 13.7 Å². The molecule has 1 aromatic heterocycles. The number of aryl methyl sites for hydroxylation is 1. The van der Waals surface area contributed by atoms with E-state index in [0.717, 1.165) is 17.7 Å². The lowest BCUT2D eigenvalue weighted by molar-refractivity contribution is -0.140. The first-order valence-corrected chi connectivity index (χ1v) is 6.85. The maximum atomic E-state index is 11.1. The van der Waals surface area contributed by atoms with E-state index in [4.69, 9.17) is 9.26 Å². The van der Waals surface area contributed by atoms with E-state index in [2.05, 4.69) is 21.8 Å². The zero-order valence-electron chi connectivity index (χ0n) is 12.2. The van der Waals surface area contributed by atoms with Crippen molar-refractivity contribution < 1.29 is 18.8 Å². The van der Waals surface area contributed by atoms with Gasteiger partial charge in [-0.15, -0.1) is 0 Å². The van der Waals surface area contributed by atoms with Crippen molar-refractivity contribution in [1.29, 1.82) is 0 Å². The van der Waals surface area contributed by atoms with Crippen LogP contribution in [0.15, 0.2) is 28.8 Å². The van der Waals surface area contributed by atoms with Crippen molar-refractivity contribution >= 4 is 5.97 Å². The number of benzene rings is 1. The highest BCUT2D eigenvalue weighted by molar-refractivity contribution is 5.69. The highest BCUT2D eigenvalue weighted by Gasteiger charge is 2.11. The van der Waals surface area contributed by atoms with Crippen LogP contribution in [0.1, 0.15) is 25.7 Å². The third-order valence-corrected chi connectivity index (χ3v) is 2.80. The van der Waals surface area contributed by atoms with Gasteiger partial charge < -0.3 is 14.0 Å². The molecular formula is C15H18N2O4. The first-order chi connectivity index (χ1) is 10.2. The maximum absolute atomic E-state index is 11.1. The second kappa shape index (κ2) is 7.42. The molecule has 0 fully saturated rings. The Hall–Kier alpha value is -2.37. The molecule has 0 N–H and O–H groups in total. The van der Waals surface area contributed by atoms with E-state index < -0.39 is 0 Å². The third kappa shape index (κ3) is 4.30. The Morgan fingerprint density at radius 2 is 2.24 bits per heavy atom. The van der Waals surface area contributed by atoms with Gasteiger partial charge in [-0.25, -0.2) is 0 Å². The molecule has 0 bridgehead atoms. The number of esters is 1. The molecule has 0 amide bonds. The van der Waals surface area contributed by atoms with Crippen molar-refractivity contribution in [2.45, 2.75) is 26.2 Å². The van der Waals surface area contributed by atoms with Crippen molar-refractivity contribution in [3.8, 4) is 17.1 Å². The number of aromatic nitrogens is 2. The lowest BCUT2D eigenvalue weighted by Gasteiger charge is -2.04. The topological polar surface area (TPSA) is 74.5 Å². The number of hydrogen-bond acceptors (Lipinski definition) is 6. The molecule has 1 aromatic carbocycles. The van der Waals surface area contributed by atoms with Crippen LogP contribution in [0.25, 0.3) is 11.4 Å². The number of ether oxygens (including phenoxy) is 2. The van der Waals surface area contributed by atoms with Crippen molar-refractivity contribution in [3.05, 3.63) is 30.2 Å². The fraction of sp³-hybridized carbons (Fsp3) is 0.400. The summed E-state index contributed by atoms with van der Waals surface area (Å²) in [6.45, 7) is 2.72. The summed E-state index contributed by atoms with van der Waals surface area (Å²) in [5.41, 5.74) is 0.816. The fourth-order valence-corrected chi connectivity index (χ4v) is 1.73. The summed E-state index contributed by atoms with van der Waals surface area (Å²) in [4.78, 5) is 15.3. The predicted molar refractivity (Wildman–Crippen MR) is 75.9 cm³/mol. The van der Waals surface area contributed by atoms with Gasteiger partial charge in [0.05, 0.1) is 20.1 Å². The Labute approximate surface area is 123 Å². The highest BCUT2D eigenvalue weighted by atomic mass is 16.5. The zero-order chi connectivity index (χ0) is 15.1. The highest BCUT2D eigenvalue weighted by Crippen LogP contribution is 2.22. The Balaban J connectivity index is 2.05. The first kappa shape index (κ1) is 15.0. The fourth-order valence-electron chi connectivity index (χ4n) is 1.73. The van der Waals surface area contributed by atoms with Gasteiger partial charge in [-0.05, 0) is 18.6 Å². The van der Waals surface area contributed by atoms with Crippen molar-refractivity contribution in [1.82, 2.24) is 10.1 Å². The van der Waals surface area contributed by atoms with E-state index in [9.17, 15) is 4.79 Å². The minimum Gasteiger partial charge on any atom is -0.494 e. The molecule has 2 rings (SSSR count). The third-order valence-electron chi connectivity index (χ3n) is 2.80. The summed E-state index contributed by atoms with van der Waals surface area (Å²) in [6.07, 6.45) is 1.54. The lowest BCUT2D eigenvalue weighted by Crippen LogP contribution is -2.01. The Morgan fingerprint density at radius 1 is 1.38 bits per heavy atom. The number of rotatable bonds is 7. The smallest absolute Gasteiger partial charge is 0.306 e. The number of methoxy groups -OCH3 is 1. The van der Waals surface area contributed by atoms with Crippen LogP contribution >= 0.6 is 0 Å². The van der Waals surface area contributed by atoms with Gasteiger partial charge in [-0.2, -0.15) is 4.98 Å². The van der Waals surface area contributed by atoms with Gasteiger partial charge in [0.15, 0.2) is 0 Å². The van der Waals surface area contributed by atoms with Gasteiger partial charge in [0.2, 0.25) is 11.7 Å². The van der Waals surface area contributed by atoms with Crippen LogP contribution in [0.2, 0.25) is 0 Å². The number of carbonyl (C=O) groups excluding carboxylic acids is 1. The lowest BCUT2D eigenvalue weighted by atomic mass is 10.2. The molecule has 6 heteroatoms. The molecule has 0 aliphatic heterocycles. The molecule has 0 saturated carbocycles. The van der Waals surface area contributed by atoms with Gasteiger partial charge >= 0.3 is 5.97 Å². The quantitative estimate of drug-likeness (QED) is 0.730. The molecule has 0 spiro atoms. The van der Waals surface area contributed by atoms with Crippen LogP contribution in [0.4, 0.5) is 0 Å². The van der Waals surface area contributed by atoms with E-state index in [1.165, 1.54) is 7.11 Å². The van der Waals surface area contributed by atoms with E-state index in [0.29, 0.717) is 24.7 Å². The normalized spacial score (nSPS) is 10.4. The Morgan fingerprint density at radius 3 is 3.00 bits per heavy atom. The number of hydrogen-bond donors (Lipinski definition) is 0. The zero-order valence-corrected chi connectivity index (χ0v) is 12.2. The number of nitrogens with zero attached hydrogens (tertiary/aromatic N) is 2. The SMILES string of the molecule is CCCOc1cccc(-c2noc(CCC(=O)OC)n2)c1. The van der Waals surface area contributed by atoms with E-state index >= 15 is 0 Å². The monoisotopic (exact) mass is 290 g/mol. The molecule has 0 aliphatic rings. The maximum Gasteiger partial charge on any atom is 0.306 e. The molecule has 6 nitrogen and oxygen atoms in total. The van der Waals surface area contributed by atoms with Crippen LogP contribution in [0.3, 0.4) is 0 Å². The predicted octanol–water partition coefficient (Wildman–Crippen LogP) is 2.63. The summed E-state index contributed by atoms with van der Waals surface area (Å²) in [6, 6.07) is 7.51. The number of carbonyl (C=O) groups is 1. The van der Waals surface area contributed by atoms with Crippen molar-refractivity contribution in [2.24, 2.45) is 0 Å². The summed E-state index contributed by atoms with van der Waals surface area (Å²) in [7, 11) is 1.35. The van der Waals surface area contributed by atoms with Gasteiger partial charge in [0.1, 0.15) is 5.75 Å². The molecule has 2 aromatic rings. The second-order valence-electron chi connectivity index (χ2n) is 4.46. The van der Waals surface area contributed by atoms with Crippen LogP contribution in [-0.2, 0) is 16.0 Å². The van der Waals surface area contributed by atoms with Crippen LogP contribution < -0.4 is 4.74 Å². The molecular weight excluding hydrogens is 272 g/mol. The molecule has 1 heterocycles. The van der Waals surface area contributed by atoms with E-state index in [-0.39, 0.29) is 12.4 Å². The molecule has 112 valence electrons. The van der Waals surface area contributed by atoms with Crippen LogP contribution in [-0.4, -0.2) is 29.8 Å². The summed E-state index contributed by atoms with van der Waals surface area (Å²) in [5, 5.41) is 3.92. The molecule has 0 aliphatic carbocycles. The summed E-state index contributed by atoms with van der Waals surface area (Å²) >= 11 is 0. The Bertz CT molecular complexity index is 595. The second-order valence-corrected chi connectivity index (χ2v) is 4.46. The Kier molecular flexibility index (Phi) is 5.31. The average molecular weight is 290 g/mol. The average Bonchev–Trinajstić information content (AvgIpc) is 3.00. The van der Waals surface area contributed by atoms with Crippen LogP contribution in [0.5, 0.6) is 5.75 Å². The van der Waals surface area contributed by atoms with Gasteiger partial charge in [-0.1, -0.05) is 24.2 Å². The van der Waals surface area contributed by atoms with E-state index in [1.807, 2.05) is 24.3 Å². The van der Waals surface area contributed by atoms with Crippen molar-refractivity contribution in [3.63, 3.8) is 0 Å².